The summed E-state index contributed by atoms with van der Waals surface area (Å²) in [5.74, 6) is 0.828. The maximum atomic E-state index is 13.6. The Morgan fingerprint density at radius 2 is 1.80 bits per heavy atom. The molecule has 0 aliphatic carbocycles. The van der Waals surface area contributed by atoms with Crippen LogP contribution in [0.25, 0.3) is 33.4 Å². The molecule has 0 saturated heterocycles. The molecule has 1 heterocycles. The van der Waals surface area contributed by atoms with Gasteiger partial charge in [-0.3, -0.25) is 9.62 Å². The van der Waals surface area contributed by atoms with Crippen LogP contribution < -0.4 is 14.4 Å². The van der Waals surface area contributed by atoms with Crippen LogP contribution in [0, 0.1) is 5.82 Å². The van der Waals surface area contributed by atoms with E-state index in [1.165, 1.54) is 23.5 Å². The molecular formula is C26H27FN2O5S. The highest BCUT2D eigenvalue weighted by molar-refractivity contribution is 7.92. The fourth-order valence-electron chi connectivity index (χ4n) is 3.88. The van der Waals surface area contributed by atoms with Gasteiger partial charge in [-0.05, 0) is 55.1 Å². The quantitative estimate of drug-likeness (QED) is 0.258. The zero-order valence-corrected chi connectivity index (χ0v) is 20.8. The Bertz CT molecular complexity index is 1450. The Kier molecular flexibility index (Phi) is 7.11. The standard InChI is InChI=1S/C26H27FN2O5S/c1-28-16-33-15-23-22-13-21(18-6-5-7-20(12-18)32-3)24(29(2)35(4,30)31)14-25(22)34-26(23)17-8-10-19(27)11-9-17/h5-14,28H,15-16H2,1-4H3. The third kappa shape index (κ3) is 5.17. The Morgan fingerprint density at radius 1 is 1.06 bits per heavy atom. The highest BCUT2D eigenvalue weighted by Crippen LogP contribution is 2.42. The number of ether oxygens (including phenoxy) is 2. The molecule has 7 nitrogen and oxygen atoms in total. The summed E-state index contributed by atoms with van der Waals surface area (Å²) in [7, 11) is 1.30. The highest BCUT2D eigenvalue weighted by Gasteiger charge is 2.23. The first-order valence-electron chi connectivity index (χ1n) is 10.9. The number of halogens is 1. The molecule has 9 heteroatoms. The molecule has 0 spiro atoms. The lowest BCUT2D eigenvalue weighted by molar-refractivity contribution is 0.109. The van der Waals surface area contributed by atoms with Crippen molar-refractivity contribution in [1.29, 1.82) is 0 Å². The molecule has 0 amide bonds. The van der Waals surface area contributed by atoms with Crippen LogP contribution in [0.4, 0.5) is 10.1 Å². The van der Waals surface area contributed by atoms with E-state index in [1.54, 1.807) is 32.4 Å². The summed E-state index contributed by atoms with van der Waals surface area (Å²) in [5, 5.41) is 3.71. The molecule has 0 fully saturated rings. The van der Waals surface area contributed by atoms with Gasteiger partial charge in [0.2, 0.25) is 10.0 Å². The van der Waals surface area contributed by atoms with Gasteiger partial charge < -0.3 is 13.9 Å². The van der Waals surface area contributed by atoms with E-state index < -0.39 is 10.0 Å². The second kappa shape index (κ2) is 10.1. The van der Waals surface area contributed by atoms with Crippen LogP contribution in [0.1, 0.15) is 5.56 Å². The van der Waals surface area contributed by atoms with Crippen molar-refractivity contribution in [3.05, 3.63) is 72.0 Å². The molecule has 1 aromatic heterocycles. The smallest absolute Gasteiger partial charge is 0.232 e. The van der Waals surface area contributed by atoms with Crippen LogP contribution >= 0.6 is 0 Å². The summed E-state index contributed by atoms with van der Waals surface area (Å²) in [4.78, 5) is 0. The number of nitrogens with zero attached hydrogens (tertiary/aromatic N) is 1. The SMILES string of the molecule is CNCOCc1c(-c2ccc(F)cc2)oc2cc(N(C)S(C)(=O)=O)c(-c3cccc(OC)c3)cc12. The molecular weight excluding hydrogens is 471 g/mol. The van der Waals surface area contributed by atoms with Crippen molar-refractivity contribution in [3.63, 3.8) is 0 Å². The molecule has 35 heavy (non-hydrogen) atoms. The van der Waals surface area contributed by atoms with E-state index in [9.17, 15) is 12.8 Å². The van der Waals surface area contributed by atoms with Gasteiger partial charge in [0.05, 0.1) is 32.4 Å². The number of benzene rings is 3. The predicted molar refractivity (Wildman–Crippen MR) is 136 cm³/mol. The average molecular weight is 499 g/mol. The van der Waals surface area contributed by atoms with Gasteiger partial charge in [-0.2, -0.15) is 0 Å². The molecule has 184 valence electrons. The van der Waals surface area contributed by atoms with E-state index in [-0.39, 0.29) is 12.4 Å². The molecule has 0 radical (unpaired) electrons. The monoisotopic (exact) mass is 498 g/mol. The number of anilines is 1. The summed E-state index contributed by atoms with van der Waals surface area (Å²) in [5.41, 5.74) is 3.88. The van der Waals surface area contributed by atoms with Gasteiger partial charge in [0.25, 0.3) is 0 Å². The summed E-state index contributed by atoms with van der Waals surface area (Å²) >= 11 is 0. The number of furan rings is 1. The molecule has 3 aromatic carbocycles. The molecule has 0 atom stereocenters. The van der Waals surface area contributed by atoms with Crippen molar-refractivity contribution < 1.29 is 26.7 Å². The van der Waals surface area contributed by atoms with E-state index in [0.717, 1.165) is 22.8 Å². The molecule has 4 aromatic rings. The first-order valence-corrected chi connectivity index (χ1v) is 12.7. The minimum atomic E-state index is -3.56. The van der Waals surface area contributed by atoms with Gasteiger partial charge in [0, 0.05) is 35.2 Å². The van der Waals surface area contributed by atoms with Gasteiger partial charge in [-0.15, -0.1) is 0 Å². The zero-order valence-electron chi connectivity index (χ0n) is 20.0. The minimum Gasteiger partial charge on any atom is -0.497 e. The lowest BCUT2D eigenvalue weighted by Crippen LogP contribution is -2.25. The van der Waals surface area contributed by atoms with Gasteiger partial charge in [0.1, 0.15) is 22.9 Å². The van der Waals surface area contributed by atoms with E-state index in [0.29, 0.717) is 40.6 Å². The Morgan fingerprint density at radius 3 is 2.46 bits per heavy atom. The fraction of sp³-hybridized carbons (Fsp3) is 0.231. The van der Waals surface area contributed by atoms with Crippen LogP contribution in [0.3, 0.4) is 0 Å². The average Bonchev–Trinajstić information content (AvgIpc) is 3.20. The number of nitrogens with one attached hydrogen (secondary N) is 1. The first-order chi connectivity index (χ1) is 16.7. The normalized spacial score (nSPS) is 11.7. The van der Waals surface area contributed by atoms with Crippen LogP contribution in [0.5, 0.6) is 5.75 Å². The van der Waals surface area contributed by atoms with Crippen LogP contribution in [-0.2, 0) is 21.4 Å². The van der Waals surface area contributed by atoms with Crippen LogP contribution in [0.15, 0.2) is 65.1 Å². The third-order valence-corrected chi connectivity index (χ3v) is 6.92. The third-order valence-electron chi connectivity index (χ3n) is 5.73. The van der Waals surface area contributed by atoms with Crippen molar-refractivity contribution in [2.24, 2.45) is 0 Å². The molecule has 0 aliphatic heterocycles. The van der Waals surface area contributed by atoms with Gasteiger partial charge in [0.15, 0.2) is 0 Å². The maximum Gasteiger partial charge on any atom is 0.232 e. The van der Waals surface area contributed by atoms with E-state index in [2.05, 4.69) is 5.32 Å². The Labute approximate surface area is 204 Å². The van der Waals surface area contributed by atoms with Crippen molar-refractivity contribution in [3.8, 4) is 28.2 Å². The summed E-state index contributed by atoms with van der Waals surface area (Å²) in [6.45, 7) is 0.562. The first kappa shape index (κ1) is 24.7. The molecule has 0 aliphatic rings. The summed E-state index contributed by atoms with van der Waals surface area (Å²) in [6.07, 6.45) is 1.15. The van der Waals surface area contributed by atoms with Crippen molar-refractivity contribution in [2.45, 2.75) is 6.61 Å². The number of methoxy groups -OCH3 is 1. The molecule has 1 N–H and O–H groups in total. The van der Waals surface area contributed by atoms with Gasteiger partial charge in [-0.25, -0.2) is 12.8 Å². The zero-order chi connectivity index (χ0) is 25.2. The lowest BCUT2D eigenvalue weighted by atomic mass is 9.99. The summed E-state index contributed by atoms with van der Waals surface area (Å²) < 4.78 is 57.1. The van der Waals surface area contributed by atoms with E-state index >= 15 is 0 Å². The predicted octanol–water partition coefficient (Wildman–Crippen LogP) is 5.00. The van der Waals surface area contributed by atoms with Gasteiger partial charge in [-0.1, -0.05) is 12.1 Å². The van der Waals surface area contributed by atoms with Crippen molar-refractivity contribution >= 4 is 26.7 Å². The lowest BCUT2D eigenvalue weighted by Gasteiger charge is -2.21. The Hall–Kier alpha value is -3.40. The number of hydrogen-bond donors (Lipinski definition) is 1. The van der Waals surface area contributed by atoms with E-state index in [4.69, 9.17) is 13.9 Å². The maximum absolute atomic E-state index is 13.6. The fourth-order valence-corrected chi connectivity index (χ4v) is 4.39. The second-order valence-electron chi connectivity index (χ2n) is 8.09. The Balaban J connectivity index is 2.00. The molecule has 0 unspecified atom stereocenters. The van der Waals surface area contributed by atoms with Crippen LogP contribution in [0.2, 0.25) is 0 Å². The van der Waals surface area contributed by atoms with E-state index in [1.807, 2.05) is 30.3 Å². The second-order valence-corrected chi connectivity index (χ2v) is 10.1. The molecule has 0 bridgehead atoms. The minimum absolute atomic E-state index is 0.235. The summed E-state index contributed by atoms with van der Waals surface area (Å²) in [6, 6.07) is 17.0. The highest BCUT2D eigenvalue weighted by atomic mass is 32.2. The largest absolute Gasteiger partial charge is 0.497 e. The number of fused-ring (bicyclic) bond motifs is 1. The van der Waals surface area contributed by atoms with Gasteiger partial charge >= 0.3 is 0 Å². The van der Waals surface area contributed by atoms with Crippen LogP contribution in [-0.4, -0.2) is 42.6 Å². The number of rotatable bonds is 9. The topological polar surface area (TPSA) is 81.0 Å². The molecule has 4 rings (SSSR count). The molecule has 0 saturated carbocycles. The number of hydrogen-bond acceptors (Lipinski definition) is 6. The van der Waals surface area contributed by atoms with Crippen molar-refractivity contribution in [1.82, 2.24) is 5.32 Å². The van der Waals surface area contributed by atoms with Crippen molar-refractivity contribution in [2.75, 3.05) is 38.5 Å². The number of sulfonamides is 1.